The summed E-state index contributed by atoms with van der Waals surface area (Å²) in [7, 11) is -3.65. The largest absolute Gasteiger partial charge is 0.325 e. The molecule has 1 amide bonds. The summed E-state index contributed by atoms with van der Waals surface area (Å²) in [4.78, 5) is 17.9. The van der Waals surface area contributed by atoms with Gasteiger partial charge in [-0.25, -0.2) is 13.4 Å². The summed E-state index contributed by atoms with van der Waals surface area (Å²) in [6.45, 7) is 6.63. The van der Waals surface area contributed by atoms with E-state index in [4.69, 9.17) is 4.98 Å². The molecule has 0 unspecified atom stereocenters. The molecule has 0 atom stereocenters. The lowest BCUT2D eigenvalue weighted by molar-refractivity contribution is -0.120. The summed E-state index contributed by atoms with van der Waals surface area (Å²) in [5.41, 5.74) is 4.65. The first-order valence-corrected chi connectivity index (χ1v) is 14.1. The van der Waals surface area contributed by atoms with Crippen molar-refractivity contribution in [2.45, 2.75) is 70.2 Å². The molecular weight excluding hydrogens is 460 g/mol. The van der Waals surface area contributed by atoms with Crippen LogP contribution in [0.2, 0.25) is 0 Å². The minimum atomic E-state index is -3.65. The van der Waals surface area contributed by atoms with Gasteiger partial charge < -0.3 is 9.88 Å². The molecule has 186 valence electrons. The maximum atomic E-state index is 13.4. The van der Waals surface area contributed by atoms with Gasteiger partial charge in [-0.1, -0.05) is 31.0 Å². The van der Waals surface area contributed by atoms with Crippen molar-refractivity contribution >= 4 is 32.7 Å². The van der Waals surface area contributed by atoms with Gasteiger partial charge in [-0.2, -0.15) is 4.31 Å². The summed E-state index contributed by atoms with van der Waals surface area (Å²) in [6.07, 6.45) is 5.78. The maximum absolute atomic E-state index is 13.4. The number of hydrogen-bond donors (Lipinski definition) is 1. The highest BCUT2D eigenvalue weighted by atomic mass is 32.2. The Hall–Kier alpha value is -2.71. The lowest BCUT2D eigenvalue weighted by atomic mass is 9.96. The number of sulfonamides is 1. The summed E-state index contributed by atoms with van der Waals surface area (Å²) >= 11 is 0. The summed E-state index contributed by atoms with van der Waals surface area (Å²) in [6, 6.07) is 11.7. The third kappa shape index (κ3) is 4.49. The van der Waals surface area contributed by atoms with Crippen LogP contribution in [0.15, 0.2) is 41.3 Å². The Morgan fingerprint density at radius 1 is 0.971 bits per heavy atom. The van der Waals surface area contributed by atoms with E-state index in [9.17, 15) is 13.2 Å². The number of imidazole rings is 1. The second-order valence-corrected chi connectivity index (χ2v) is 12.0. The van der Waals surface area contributed by atoms with Crippen molar-refractivity contribution in [3.8, 4) is 0 Å². The molecule has 1 saturated carbocycles. The Bertz CT molecular complexity index is 1340. The SMILES string of the molecule is Cc1cccc(C)c1NC(=O)C1CCN(S(=O)(=O)c2ccc3c(c2)nc(C)n3C2CCCC2)CC1. The van der Waals surface area contributed by atoms with Crippen molar-refractivity contribution in [1.29, 1.82) is 0 Å². The van der Waals surface area contributed by atoms with Crippen molar-refractivity contribution in [3.63, 3.8) is 0 Å². The molecule has 1 aromatic heterocycles. The van der Waals surface area contributed by atoms with Crippen LogP contribution in [0.25, 0.3) is 11.0 Å². The Kier molecular flexibility index (Phi) is 6.44. The molecule has 5 rings (SSSR count). The second-order valence-electron chi connectivity index (χ2n) is 10.1. The zero-order valence-electron chi connectivity index (χ0n) is 20.8. The number of nitrogens with one attached hydrogen (secondary N) is 1. The average Bonchev–Trinajstić information content (AvgIpc) is 3.47. The Morgan fingerprint density at radius 3 is 2.29 bits per heavy atom. The predicted octanol–water partition coefficient (Wildman–Crippen LogP) is 5.12. The quantitative estimate of drug-likeness (QED) is 0.534. The Balaban J connectivity index is 1.29. The summed E-state index contributed by atoms with van der Waals surface area (Å²) < 4.78 is 30.6. The van der Waals surface area contributed by atoms with Crippen LogP contribution in [0.3, 0.4) is 0 Å². The van der Waals surface area contributed by atoms with Crippen LogP contribution in [0.5, 0.6) is 0 Å². The molecule has 8 heteroatoms. The van der Waals surface area contributed by atoms with Gasteiger partial charge in [0.15, 0.2) is 0 Å². The van der Waals surface area contributed by atoms with E-state index in [0.717, 1.165) is 46.5 Å². The number of para-hydroxylation sites is 1. The number of carbonyl (C=O) groups excluding carboxylic acids is 1. The van der Waals surface area contributed by atoms with Gasteiger partial charge in [0.1, 0.15) is 5.82 Å². The van der Waals surface area contributed by atoms with E-state index in [0.29, 0.717) is 32.0 Å². The van der Waals surface area contributed by atoms with Crippen LogP contribution in [0.1, 0.15) is 61.5 Å². The monoisotopic (exact) mass is 494 g/mol. The number of piperidine rings is 1. The van der Waals surface area contributed by atoms with Gasteiger partial charge in [0.2, 0.25) is 15.9 Å². The zero-order valence-corrected chi connectivity index (χ0v) is 21.6. The van der Waals surface area contributed by atoms with Crippen molar-refractivity contribution in [1.82, 2.24) is 13.9 Å². The molecule has 7 nitrogen and oxygen atoms in total. The van der Waals surface area contributed by atoms with Gasteiger partial charge >= 0.3 is 0 Å². The van der Waals surface area contributed by atoms with Crippen LogP contribution in [-0.2, 0) is 14.8 Å². The first-order valence-electron chi connectivity index (χ1n) is 12.6. The number of aryl methyl sites for hydroxylation is 3. The lowest BCUT2D eigenvalue weighted by Gasteiger charge is -2.30. The van der Waals surface area contributed by atoms with Gasteiger partial charge in [0.25, 0.3) is 0 Å². The van der Waals surface area contributed by atoms with Crippen LogP contribution in [0.4, 0.5) is 5.69 Å². The molecule has 1 aliphatic carbocycles. The van der Waals surface area contributed by atoms with E-state index in [1.165, 1.54) is 17.1 Å². The number of hydrogen-bond acceptors (Lipinski definition) is 4. The number of benzene rings is 2. The number of nitrogens with zero attached hydrogens (tertiary/aromatic N) is 3. The van der Waals surface area contributed by atoms with Crippen molar-refractivity contribution in [2.24, 2.45) is 5.92 Å². The van der Waals surface area contributed by atoms with Crippen LogP contribution >= 0.6 is 0 Å². The smallest absolute Gasteiger partial charge is 0.243 e. The second kappa shape index (κ2) is 9.39. The van der Waals surface area contributed by atoms with Crippen molar-refractivity contribution in [2.75, 3.05) is 18.4 Å². The first-order chi connectivity index (χ1) is 16.8. The fraction of sp³-hybridized carbons (Fsp3) is 0.481. The molecule has 2 fully saturated rings. The zero-order chi connectivity index (χ0) is 24.7. The van der Waals surface area contributed by atoms with Crippen LogP contribution in [-0.4, -0.2) is 41.3 Å². The molecule has 1 aliphatic heterocycles. The number of fused-ring (bicyclic) bond motifs is 1. The van der Waals surface area contributed by atoms with Crippen molar-refractivity contribution in [3.05, 3.63) is 53.3 Å². The molecule has 0 radical (unpaired) electrons. The third-order valence-electron chi connectivity index (χ3n) is 7.72. The maximum Gasteiger partial charge on any atom is 0.243 e. The molecule has 2 heterocycles. The van der Waals surface area contributed by atoms with Crippen LogP contribution < -0.4 is 5.32 Å². The van der Waals surface area contributed by atoms with Gasteiger partial charge in [-0.05, 0) is 75.8 Å². The van der Waals surface area contributed by atoms with Crippen LogP contribution in [0, 0.1) is 26.7 Å². The first kappa shape index (κ1) is 24.0. The van der Waals surface area contributed by atoms with Gasteiger partial charge in [0, 0.05) is 30.7 Å². The van der Waals surface area contributed by atoms with E-state index in [2.05, 4.69) is 9.88 Å². The molecular formula is C27H34N4O3S. The van der Waals surface area contributed by atoms with E-state index in [1.807, 2.05) is 45.0 Å². The van der Waals surface area contributed by atoms with Gasteiger partial charge in [-0.3, -0.25) is 4.79 Å². The molecule has 1 saturated heterocycles. The molecule has 2 aromatic carbocycles. The number of rotatable bonds is 5. The lowest BCUT2D eigenvalue weighted by Crippen LogP contribution is -2.41. The van der Waals surface area contributed by atoms with Gasteiger partial charge in [0.05, 0.1) is 15.9 Å². The predicted molar refractivity (Wildman–Crippen MR) is 138 cm³/mol. The van der Waals surface area contributed by atoms with E-state index < -0.39 is 10.0 Å². The topological polar surface area (TPSA) is 84.3 Å². The minimum absolute atomic E-state index is 0.0335. The molecule has 2 aliphatic rings. The number of amides is 1. The molecule has 1 N–H and O–H groups in total. The molecule has 3 aromatic rings. The Morgan fingerprint density at radius 2 is 1.63 bits per heavy atom. The van der Waals surface area contributed by atoms with E-state index in [-0.39, 0.29) is 16.7 Å². The average molecular weight is 495 g/mol. The highest BCUT2D eigenvalue weighted by Gasteiger charge is 2.33. The standard InChI is InChI=1S/C27H34N4O3S/c1-18-7-6-8-19(2)26(18)29-27(32)21-13-15-30(16-14-21)35(33,34)23-11-12-25-24(17-23)28-20(3)31(25)22-9-4-5-10-22/h6-8,11-12,17,21-22H,4-5,9-10,13-16H2,1-3H3,(H,29,32). The number of anilines is 1. The summed E-state index contributed by atoms with van der Waals surface area (Å²) in [5.74, 6) is 0.707. The number of aromatic nitrogens is 2. The van der Waals surface area contributed by atoms with E-state index >= 15 is 0 Å². The Labute approximate surface area is 207 Å². The van der Waals surface area contributed by atoms with E-state index in [1.54, 1.807) is 12.1 Å². The highest BCUT2D eigenvalue weighted by molar-refractivity contribution is 7.89. The van der Waals surface area contributed by atoms with Crippen molar-refractivity contribution < 1.29 is 13.2 Å². The third-order valence-corrected chi connectivity index (χ3v) is 9.61. The fourth-order valence-electron chi connectivity index (χ4n) is 5.73. The van der Waals surface area contributed by atoms with Gasteiger partial charge in [-0.15, -0.1) is 0 Å². The summed E-state index contributed by atoms with van der Waals surface area (Å²) in [5, 5.41) is 3.07. The molecule has 0 bridgehead atoms. The fourth-order valence-corrected chi connectivity index (χ4v) is 7.22. The molecule has 35 heavy (non-hydrogen) atoms. The normalized spacial score (nSPS) is 18.4. The highest BCUT2D eigenvalue weighted by Crippen LogP contribution is 2.34. The number of carbonyl (C=O) groups is 1. The molecule has 0 spiro atoms. The minimum Gasteiger partial charge on any atom is -0.325 e.